The molecule has 166 valence electrons. The molecule has 5 rings (SSSR count). The molecule has 0 saturated heterocycles. The van der Waals surface area contributed by atoms with Crippen molar-refractivity contribution in [2.24, 2.45) is 5.92 Å². The molecule has 32 heavy (non-hydrogen) atoms. The molecule has 7 heteroatoms. The summed E-state index contributed by atoms with van der Waals surface area (Å²) in [5.74, 6) is 2.44. The number of aromatic nitrogens is 3. The van der Waals surface area contributed by atoms with Gasteiger partial charge in [-0.05, 0) is 49.8 Å². The highest BCUT2D eigenvalue weighted by Gasteiger charge is 2.26. The van der Waals surface area contributed by atoms with E-state index in [2.05, 4.69) is 15.6 Å². The van der Waals surface area contributed by atoms with Crippen molar-refractivity contribution in [3.05, 3.63) is 60.4 Å². The second-order valence-corrected chi connectivity index (χ2v) is 10.8. The van der Waals surface area contributed by atoms with Crippen LogP contribution in [0.3, 0.4) is 0 Å². The molecule has 1 aliphatic rings. The molecular weight excluding hydrogens is 420 g/mol. The molecule has 4 aromatic rings. The van der Waals surface area contributed by atoms with Crippen LogP contribution in [0.5, 0.6) is 0 Å². The van der Waals surface area contributed by atoms with Gasteiger partial charge in [0.15, 0.2) is 15.7 Å². The lowest BCUT2D eigenvalue weighted by Crippen LogP contribution is -2.08. The Labute approximate surface area is 188 Å². The second kappa shape index (κ2) is 8.54. The number of hydrogen-bond acceptors (Lipinski definition) is 5. The Morgan fingerprint density at radius 2 is 1.69 bits per heavy atom. The van der Waals surface area contributed by atoms with E-state index in [0.717, 1.165) is 53.6 Å². The van der Waals surface area contributed by atoms with E-state index >= 15 is 0 Å². The molecule has 0 amide bonds. The zero-order chi connectivity index (χ0) is 22.1. The lowest BCUT2D eigenvalue weighted by Gasteiger charge is -2.11. The first-order valence-corrected chi connectivity index (χ1v) is 13.0. The van der Waals surface area contributed by atoms with Crippen molar-refractivity contribution in [1.82, 2.24) is 14.5 Å². The van der Waals surface area contributed by atoms with E-state index in [4.69, 9.17) is 10.7 Å². The Kier molecular flexibility index (Phi) is 5.59. The Hall–Kier alpha value is -2.93. The molecule has 0 unspecified atom stereocenters. The number of imidazole rings is 1. The van der Waals surface area contributed by atoms with Gasteiger partial charge in [0.25, 0.3) is 0 Å². The summed E-state index contributed by atoms with van der Waals surface area (Å²) < 4.78 is 27.4. The lowest BCUT2D eigenvalue weighted by molar-refractivity contribution is 0.569. The largest absolute Gasteiger partial charge is 0.382 e. The van der Waals surface area contributed by atoms with Gasteiger partial charge in [-0.3, -0.25) is 0 Å². The molecular formula is C25H28N4O2S. The zero-order valence-corrected chi connectivity index (χ0v) is 18.9. The summed E-state index contributed by atoms with van der Waals surface area (Å²) in [5.41, 5.74) is 9.00. The molecule has 6 nitrogen and oxygen atoms in total. The average molecular weight is 449 g/mol. The van der Waals surface area contributed by atoms with Crippen LogP contribution >= 0.6 is 0 Å². The number of nitrogens with two attached hydrogens (primary N) is 1. The van der Waals surface area contributed by atoms with Crippen molar-refractivity contribution < 1.29 is 8.42 Å². The third-order valence-corrected chi connectivity index (χ3v) is 8.07. The molecule has 0 bridgehead atoms. The molecule has 0 spiro atoms. The zero-order valence-electron chi connectivity index (χ0n) is 18.1. The number of rotatable bonds is 9. The highest BCUT2D eigenvalue weighted by molar-refractivity contribution is 7.91. The summed E-state index contributed by atoms with van der Waals surface area (Å²) in [6.45, 7) is 0.803. The van der Waals surface area contributed by atoms with E-state index in [1.54, 1.807) is 24.3 Å². The fourth-order valence-electron chi connectivity index (χ4n) is 4.37. The number of nitrogen functional groups attached to an aromatic ring is 1. The predicted molar refractivity (Wildman–Crippen MR) is 128 cm³/mol. The van der Waals surface area contributed by atoms with Crippen molar-refractivity contribution >= 4 is 37.6 Å². The van der Waals surface area contributed by atoms with Crippen LogP contribution in [0.4, 0.5) is 5.82 Å². The molecule has 0 radical (unpaired) electrons. The summed E-state index contributed by atoms with van der Waals surface area (Å²) in [6, 6.07) is 16.8. The van der Waals surface area contributed by atoms with Gasteiger partial charge >= 0.3 is 0 Å². The Morgan fingerprint density at radius 3 is 2.47 bits per heavy atom. The van der Waals surface area contributed by atoms with E-state index in [-0.39, 0.29) is 5.75 Å². The van der Waals surface area contributed by atoms with E-state index < -0.39 is 9.84 Å². The van der Waals surface area contributed by atoms with Gasteiger partial charge in [-0.2, -0.15) is 0 Å². The number of anilines is 1. The summed E-state index contributed by atoms with van der Waals surface area (Å²) in [5, 5.41) is 1.07. The van der Waals surface area contributed by atoms with Crippen molar-refractivity contribution in [1.29, 1.82) is 0 Å². The van der Waals surface area contributed by atoms with Crippen LogP contribution in [-0.4, -0.2) is 28.7 Å². The van der Waals surface area contributed by atoms with Crippen molar-refractivity contribution in [3.8, 4) is 0 Å². The van der Waals surface area contributed by atoms with Crippen molar-refractivity contribution in [2.75, 3.05) is 11.5 Å². The highest BCUT2D eigenvalue weighted by atomic mass is 32.2. The molecule has 2 N–H and O–H groups in total. The fraction of sp³-hybridized carbons (Fsp3) is 0.360. The Morgan fingerprint density at radius 1 is 0.938 bits per heavy atom. The van der Waals surface area contributed by atoms with Crippen molar-refractivity contribution in [3.63, 3.8) is 0 Å². The number of benzene rings is 2. The number of pyridine rings is 1. The normalized spacial score (nSPS) is 14.4. The third kappa shape index (κ3) is 4.21. The van der Waals surface area contributed by atoms with Gasteiger partial charge in [0, 0.05) is 18.4 Å². The fourth-order valence-corrected chi connectivity index (χ4v) is 5.76. The predicted octanol–water partition coefficient (Wildman–Crippen LogP) is 4.76. The first-order chi connectivity index (χ1) is 15.5. The minimum Gasteiger partial charge on any atom is -0.382 e. The molecule has 0 aliphatic heterocycles. The number of fused-ring (bicyclic) bond motifs is 3. The summed E-state index contributed by atoms with van der Waals surface area (Å²) in [4.78, 5) is 9.86. The second-order valence-electron chi connectivity index (χ2n) is 8.73. The summed E-state index contributed by atoms with van der Waals surface area (Å²) in [6.07, 6.45) is 5.86. The molecule has 1 fully saturated rings. The van der Waals surface area contributed by atoms with E-state index in [1.165, 1.54) is 12.8 Å². The standard InChI is InChI=1S/C25H28N4O2S/c26-25-23-24(20-11-5-6-12-21(20)27-25)29(22(28-23)17-18-13-14-18)15-7-2-8-16-32(30,31)19-9-3-1-4-10-19/h1,3-6,9-12,18H,2,7-8,13-17H2,(H2,26,27). The van der Waals surface area contributed by atoms with Gasteiger partial charge in [-0.1, -0.05) is 42.8 Å². The van der Waals surface area contributed by atoms with Crippen molar-refractivity contribution in [2.45, 2.75) is 50.0 Å². The number of aryl methyl sites for hydroxylation is 1. The lowest BCUT2D eigenvalue weighted by atomic mass is 10.1. The number of sulfone groups is 1. The van der Waals surface area contributed by atoms with E-state index in [1.807, 2.05) is 24.3 Å². The van der Waals surface area contributed by atoms with Gasteiger partial charge in [0.2, 0.25) is 0 Å². The first kappa shape index (κ1) is 20.9. The van der Waals surface area contributed by atoms with Crippen LogP contribution in [-0.2, 0) is 22.8 Å². The topological polar surface area (TPSA) is 90.9 Å². The number of para-hydroxylation sites is 1. The van der Waals surface area contributed by atoms with Gasteiger partial charge < -0.3 is 10.3 Å². The van der Waals surface area contributed by atoms with Gasteiger partial charge in [-0.25, -0.2) is 18.4 Å². The smallest absolute Gasteiger partial charge is 0.178 e. The maximum absolute atomic E-state index is 12.5. The maximum Gasteiger partial charge on any atom is 0.178 e. The molecule has 1 saturated carbocycles. The minimum atomic E-state index is -3.22. The van der Waals surface area contributed by atoms with Crippen LogP contribution < -0.4 is 5.73 Å². The Balaban J connectivity index is 1.35. The van der Waals surface area contributed by atoms with Crippen LogP contribution in [0.15, 0.2) is 59.5 Å². The Bertz CT molecular complexity index is 1360. The summed E-state index contributed by atoms with van der Waals surface area (Å²) in [7, 11) is -3.22. The molecule has 1 aliphatic carbocycles. The van der Waals surface area contributed by atoms with Crippen LogP contribution in [0.25, 0.3) is 21.9 Å². The van der Waals surface area contributed by atoms with Gasteiger partial charge in [0.05, 0.1) is 21.7 Å². The number of unbranched alkanes of at least 4 members (excludes halogenated alkanes) is 2. The molecule has 2 aromatic heterocycles. The average Bonchev–Trinajstić information content (AvgIpc) is 3.54. The van der Waals surface area contributed by atoms with Crippen LogP contribution in [0, 0.1) is 5.92 Å². The van der Waals surface area contributed by atoms with Gasteiger partial charge in [0.1, 0.15) is 11.3 Å². The molecule has 2 heterocycles. The monoisotopic (exact) mass is 448 g/mol. The SMILES string of the molecule is Nc1nc2ccccc2c2c1nc(CC1CC1)n2CCCCCS(=O)(=O)c1ccccc1. The summed E-state index contributed by atoms with van der Waals surface area (Å²) >= 11 is 0. The highest BCUT2D eigenvalue weighted by Crippen LogP contribution is 2.35. The molecule has 0 atom stereocenters. The quantitative estimate of drug-likeness (QED) is 0.373. The number of hydrogen-bond donors (Lipinski definition) is 1. The maximum atomic E-state index is 12.5. The first-order valence-electron chi connectivity index (χ1n) is 11.3. The van der Waals surface area contributed by atoms with E-state index in [9.17, 15) is 8.42 Å². The van der Waals surface area contributed by atoms with Crippen LogP contribution in [0.2, 0.25) is 0 Å². The van der Waals surface area contributed by atoms with Crippen LogP contribution in [0.1, 0.15) is 37.9 Å². The number of nitrogens with zero attached hydrogens (tertiary/aromatic N) is 3. The third-order valence-electron chi connectivity index (χ3n) is 6.25. The van der Waals surface area contributed by atoms with E-state index in [0.29, 0.717) is 23.1 Å². The molecule has 2 aromatic carbocycles. The van der Waals surface area contributed by atoms with Gasteiger partial charge in [-0.15, -0.1) is 0 Å². The minimum absolute atomic E-state index is 0.177.